The van der Waals surface area contributed by atoms with Crippen molar-refractivity contribution in [3.8, 4) is 5.75 Å². The van der Waals surface area contributed by atoms with Gasteiger partial charge in [-0.05, 0) is 37.6 Å². The molecule has 0 saturated heterocycles. The Hall–Kier alpha value is -3.04. The molecule has 150 valence electrons. The molecule has 0 unspecified atom stereocenters. The first-order valence-corrected chi connectivity index (χ1v) is 8.46. The number of alkyl halides is 3. The van der Waals surface area contributed by atoms with E-state index in [1.807, 2.05) is 0 Å². The number of anilines is 1. The fourth-order valence-electron chi connectivity index (χ4n) is 2.92. The third-order valence-corrected chi connectivity index (χ3v) is 4.34. The molecule has 3 rings (SSSR count). The SMILES string of the molecule is COc1ccc(C(=O)COC(=O)c2cc3n(n2)[C@H](C(F)(F)F)C[C@@H](C)N3)cc1. The summed E-state index contributed by atoms with van der Waals surface area (Å²) in [5.74, 6) is -0.786. The van der Waals surface area contributed by atoms with E-state index in [-0.39, 0.29) is 17.9 Å². The van der Waals surface area contributed by atoms with E-state index in [0.717, 1.165) is 4.68 Å². The van der Waals surface area contributed by atoms with Gasteiger partial charge in [-0.2, -0.15) is 18.3 Å². The van der Waals surface area contributed by atoms with E-state index in [0.29, 0.717) is 11.3 Å². The van der Waals surface area contributed by atoms with E-state index >= 15 is 0 Å². The molecular formula is C18H18F3N3O4. The molecule has 0 aliphatic carbocycles. The van der Waals surface area contributed by atoms with E-state index in [2.05, 4.69) is 10.4 Å². The van der Waals surface area contributed by atoms with Crippen LogP contribution in [0.3, 0.4) is 0 Å². The van der Waals surface area contributed by atoms with Crippen molar-refractivity contribution in [2.45, 2.75) is 31.6 Å². The van der Waals surface area contributed by atoms with Gasteiger partial charge in [-0.25, -0.2) is 9.48 Å². The highest BCUT2D eigenvalue weighted by molar-refractivity contribution is 5.99. The Morgan fingerprint density at radius 3 is 2.57 bits per heavy atom. The summed E-state index contributed by atoms with van der Waals surface area (Å²) in [5.41, 5.74) is 0.0127. The van der Waals surface area contributed by atoms with Gasteiger partial charge in [0.05, 0.1) is 7.11 Å². The predicted molar refractivity (Wildman–Crippen MR) is 92.6 cm³/mol. The number of nitrogens with one attached hydrogen (secondary N) is 1. The molecule has 2 atom stereocenters. The van der Waals surface area contributed by atoms with Crippen molar-refractivity contribution in [1.29, 1.82) is 0 Å². The van der Waals surface area contributed by atoms with E-state index in [9.17, 15) is 22.8 Å². The third kappa shape index (κ3) is 4.10. The van der Waals surface area contributed by atoms with Crippen LogP contribution >= 0.6 is 0 Å². The first-order chi connectivity index (χ1) is 13.2. The number of Topliss-reactive ketones (excluding diaryl/α,β-unsaturated/α-hetero) is 1. The summed E-state index contributed by atoms with van der Waals surface area (Å²) in [7, 11) is 1.49. The number of fused-ring (bicyclic) bond motifs is 1. The molecule has 2 aromatic rings. The van der Waals surface area contributed by atoms with Crippen LogP contribution in [0, 0.1) is 0 Å². The maximum atomic E-state index is 13.2. The lowest BCUT2D eigenvalue weighted by molar-refractivity contribution is -0.173. The van der Waals surface area contributed by atoms with E-state index < -0.39 is 36.6 Å². The molecule has 0 spiro atoms. The second kappa shape index (κ2) is 7.53. The molecule has 1 aliphatic rings. The number of carbonyl (C=O) groups is 2. The highest BCUT2D eigenvalue weighted by Gasteiger charge is 2.45. The lowest BCUT2D eigenvalue weighted by atomic mass is 10.1. The molecule has 0 fully saturated rings. The van der Waals surface area contributed by atoms with E-state index in [4.69, 9.17) is 9.47 Å². The van der Waals surface area contributed by atoms with Gasteiger partial charge in [-0.1, -0.05) is 0 Å². The minimum Gasteiger partial charge on any atom is -0.497 e. The van der Waals surface area contributed by atoms with Crippen LogP contribution in [0.25, 0.3) is 0 Å². The molecule has 28 heavy (non-hydrogen) atoms. The topological polar surface area (TPSA) is 82.5 Å². The fraction of sp³-hybridized carbons (Fsp3) is 0.389. The van der Waals surface area contributed by atoms with Crippen molar-refractivity contribution < 1.29 is 32.2 Å². The summed E-state index contributed by atoms with van der Waals surface area (Å²) < 4.78 is 50.4. The average Bonchev–Trinajstić information content (AvgIpc) is 3.08. The Labute approximate surface area is 158 Å². The fourth-order valence-corrected chi connectivity index (χ4v) is 2.92. The Morgan fingerprint density at radius 1 is 1.29 bits per heavy atom. The first kappa shape index (κ1) is 19.7. The molecule has 0 bridgehead atoms. The third-order valence-electron chi connectivity index (χ3n) is 4.34. The highest BCUT2D eigenvalue weighted by Crippen LogP contribution is 2.39. The van der Waals surface area contributed by atoms with Crippen LogP contribution in [-0.2, 0) is 4.74 Å². The van der Waals surface area contributed by atoms with Crippen molar-refractivity contribution in [2.24, 2.45) is 0 Å². The molecule has 10 heteroatoms. The molecular weight excluding hydrogens is 379 g/mol. The van der Waals surface area contributed by atoms with Crippen LogP contribution < -0.4 is 10.1 Å². The van der Waals surface area contributed by atoms with Gasteiger partial charge in [0.25, 0.3) is 0 Å². The van der Waals surface area contributed by atoms with Crippen LogP contribution in [0.4, 0.5) is 19.0 Å². The molecule has 2 heterocycles. The number of halogens is 3. The van der Waals surface area contributed by atoms with Gasteiger partial charge in [0.2, 0.25) is 0 Å². The molecule has 0 amide bonds. The number of carbonyl (C=O) groups excluding carboxylic acids is 2. The molecule has 1 aromatic heterocycles. The largest absolute Gasteiger partial charge is 0.497 e. The summed E-state index contributed by atoms with van der Waals surface area (Å²) in [6.07, 6.45) is -4.70. The van der Waals surface area contributed by atoms with Crippen molar-refractivity contribution in [1.82, 2.24) is 9.78 Å². The highest BCUT2D eigenvalue weighted by atomic mass is 19.4. The Morgan fingerprint density at radius 2 is 1.96 bits per heavy atom. The van der Waals surface area contributed by atoms with Crippen LogP contribution in [0.5, 0.6) is 5.75 Å². The lowest BCUT2D eigenvalue weighted by Crippen LogP contribution is -2.37. The number of esters is 1. The number of rotatable bonds is 5. The van der Waals surface area contributed by atoms with Crippen LogP contribution in [-0.4, -0.2) is 47.5 Å². The predicted octanol–water partition coefficient (Wildman–Crippen LogP) is 3.24. The number of methoxy groups -OCH3 is 1. The van der Waals surface area contributed by atoms with Crippen molar-refractivity contribution in [3.05, 3.63) is 41.6 Å². The summed E-state index contributed by atoms with van der Waals surface area (Å²) in [5, 5.41) is 6.59. The Kier molecular flexibility index (Phi) is 5.30. The first-order valence-electron chi connectivity index (χ1n) is 8.46. The molecule has 1 N–H and O–H groups in total. The van der Waals surface area contributed by atoms with Crippen molar-refractivity contribution in [2.75, 3.05) is 19.0 Å². The zero-order valence-electron chi connectivity index (χ0n) is 15.1. The van der Waals surface area contributed by atoms with Crippen molar-refractivity contribution >= 4 is 17.6 Å². The number of benzene rings is 1. The van der Waals surface area contributed by atoms with Gasteiger partial charge in [0.1, 0.15) is 11.6 Å². The van der Waals surface area contributed by atoms with Gasteiger partial charge < -0.3 is 14.8 Å². The van der Waals surface area contributed by atoms with Crippen LogP contribution in [0.15, 0.2) is 30.3 Å². The van der Waals surface area contributed by atoms with Gasteiger partial charge in [0.15, 0.2) is 24.1 Å². The minimum absolute atomic E-state index is 0.0782. The van der Waals surface area contributed by atoms with Crippen LogP contribution in [0.1, 0.15) is 40.2 Å². The normalized spacial score (nSPS) is 18.8. The zero-order chi connectivity index (χ0) is 20.5. The summed E-state index contributed by atoms with van der Waals surface area (Å²) in [4.78, 5) is 24.3. The number of aromatic nitrogens is 2. The molecule has 7 nitrogen and oxygen atoms in total. The molecule has 1 aliphatic heterocycles. The van der Waals surface area contributed by atoms with Gasteiger partial charge in [-0.3, -0.25) is 4.79 Å². The second-order valence-corrected chi connectivity index (χ2v) is 6.43. The van der Waals surface area contributed by atoms with Gasteiger partial charge >= 0.3 is 12.1 Å². The van der Waals surface area contributed by atoms with E-state index in [1.165, 1.54) is 25.3 Å². The maximum absolute atomic E-state index is 13.2. The lowest BCUT2D eigenvalue weighted by Gasteiger charge is -2.31. The van der Waals surface area contributed by atoms with Crippen LogP contribution in [0.2, 0.25) is 0 Å². The van der Waals surface area contributed by atoms with Gasteiger partial charge in [-0.15, -0.1) is 0 Å². The second-order valence-electron chi connectivity index (χ2n) is 6.43. The summed E-state index contributed by atoms with van der Waals surface area (Å²) >= 11 is 0. The number of nitrogens with zero attached hydrogens (tertiary/aromatic N) is 2. The monoisotopic (exact) mass is 397 g/mol. The smallest absolute Gasteiger partial charge is 0.410 e. The maximum Gasteiger partial charge on any atom is 0.410 e. The molecule has 0 saturated carbocycles. The van der Waals surface area contributed by atoms with E-state index in [1.54, 1.807) is 19.1 Å². The quantitative estimate of drug-likeness (QED) is 0.616. The molecule has 1 aromatic carbocycles. The summed E-state index contributed by atoms with van der Waals surface area (Å²) in [6, 6.07) is 5.13. The number of ether oxygens (including phenoxy) is 2. The number of ketones is 1. The Bertz CT molecular complexity index is 877. The average molecular weight is 397 g/mol. The standard InChI is InChI=1S/C18H18F3N3O4/c1-10-7-15(18(19,20)21)24-16(22-10)8-13(23-24)17(26)28-9-14(25)11-3-5-12(27-2)6-4-11/h3-6,8,10,15,22H,7,9H2,1-2H3/t10-,15+/m1/s1. The summed E-state index contributed by atoms with van der Waals surface area (Å²) in [6.45, 7) is 1.06. The number of hydrogen-bond acceptors (Lipinski definition) is 6. The minimum atomic E-state index is -4.50. The number of hydrogen-bond donors (Lipinski definition) is 1. The Balaban J connectivity index is 1.69. The van der Waals surface area contributed by atoms with Crippen molar-refractivity contribution in [3.63, 3.8) is 0 Å². The molecule has 0 radical (unpaired) electrons. The van der Waals surface area contributed by atoms with Gasteiger partial charge in [0, 0.05) is 17.7 Å². The zero-order valence-corrected chi connectivity index (χ0v) is 15.1.